The molecule has 1 saturated carbocycles. The maximum absolute atomic E-state index is 9.56. The number of aliphatic hydroxyl groups is 1. The molecule has 1 atom stereocenters. The third kappa shape index (κ3) is 2.25. The first kappa shape index (κ1) is 10.2. The molecule has 0 amide bonds. The lowest BCUT2D eigenvalue weighted by atomic mass is 10.1. The van der Waals surface area contributed by atoms with Gasteiger partial charge in [-0.1, -0.05) is 5.16 Å². The molecule has 0 bridgehead atoms. The molecule has 1 aromatic heterocycles. The minimum Gasteiger partial charge on any atom is -0.392 e. The summed E-state index contributed by atoms with van der Waals surface area (Å²) in [7, 11) is 0. The average molecular weight is 223 g/mol. The predicted molar refractivity (Wildman–Crippen MR) is 56.8 cm³/mol. The number of hydrogen-bond donors (Lipinski definition) is 1. The third-order valence-electron chi connectivity index (χ3n) is 3.26. The van der Waals surface area contributed by atoms with Crippen LogP contribution in [0.2, 0.25) is 0 Å². The maximum Gasteiger partial charge on any atom is 0.229 e. The zero-order chi connectivity index (χ0) is 11.0. The van der Waals surface area contributed by atoms with Crippen LogP contribution in [0.15, 0.2) is 4.52 Å². The third-order valence-corrected chi connectivity index (χ3v) is 3.26. The Bertz CT molecular complexity index is 362. The summed E-state index contributed by atoms with van der Waals surface area (Å²) in [5.74, 6) is 2.08. The second-order valence-electron chi connectivity index (χ2n) is 4.85. The van der Waals surface area contributed by atoms with Crippen LogP contribution in [-0.2, 0) is 6.54 Å². The Kier molecular flexibility index (Phi) is 2.65. The Hall–Kier alpha value is -0.940. The van der Waals surface area contributed by atoms with Gasteiger partial charge in [-0.25, -0.2) is 0 Å². The van der Waals surface area contributed by atoms with Crippen molar-refractivity contribution in [2.24, 2.45) is 0 Å². The molecule has 1 unspecified atom stereocenters. The average Bonchev–Trinajstić information content (AvgIpc) is 3.01. The molecule has 3 rings (SSSR count). The fourth-order valence-electron chi connectivity index (χ4n) is 2.20. The van der Waals surface area contributed by atoms with Crippen LogP contribution < -0.4 is 0 Å². The summed E-state index contributed by atoms with van der Waals surface area (Å²) in [4.78, 5) is 6.58. The number of rotatable bonds is 3. The van der Waals surface area contributed by atoms with Gasteiger partial charge in [0.25, 0.3) is 0 Å². The van der Waals surface area contributed by atoms with E-state index in [1.807, 2.05) is 0 Å². The predicted octanol–water partition coefficient (Wildman–Crippen LogP) is 0.904. The Morgan fingerprint density at radius 2 is 2.25 bits per heavy atom. The number of likely N-dealkylation sites (tertiary alicyclic amines) is 1. The highest BCUT2D eigenvalue weighted by molar-refractivity contribution is 5.01. The molecule has 16 heavy (non-hydrogen) atoms. The van der Waals surface area contributed by atoms with Gasteiger partial charge in [-0.05, 0) is 32.2 Å². The lowest BCUT2D eigenvalue weighted by molar-refractivity contribution is 0.0651. The van der Waals surface area contributed by atoms with Crippen LogP contribution in [-0.4, -0.2) is 39.3 Å². The van der Waals surface area contributed by atoms with Crippen molar-refractivity contribution < 1.29 is 9.63 Å². The molecule has 2 fully saturated rings. The summed E-state index contributed by atoms with van der Waals surface area (Å²) in [6.07, 6.45) is 4.14. The zero-order valence-electron chi connectivity index (χ0n) is 9.30. The molecule has 1 N–H and O–H groups in total. The standard InChI is InChI=1S/C11H17N3O2/c15-9-2-1-5-14(6-9)7-10-12-11(16-13-10)8-3-4-8/h8-9,15H,1-7H2. The smallest absolute Gasteiger partial charge is 0.229 e. The van der Waals surface area contributed by atoms with Crippen molar-refractivity contribution in [3.8, 4) is 0 Å². The maximum atomic E-state index is 9.56. The van der Waals surface area contributed by atoms with Crippen molar-refractivity contribution in [1.29, 1.82) is 0 Å². The van der Waals surface area contributed by atoms with Gasteiger partial charge in [0.1, 0.15) is 0 Å². The number of nitrogens with zero attached hydrogens (tertiary/aromatic N) is 3. The number of aromatic nitrogens is 2. The molecule has 0 spiro atoms. The molecule has 88 valence electrons. The largest absolute Gasteiger partial charge is 0.392 e. The molecule has 2 aliphatic rings. The molecule has 1 aromatic rings. The van der Waals surface area contributed by atoms with Gasteiger partial charge in [0.15, 0.2) is 5.82 Å². The first-order chi connectivity index (χ1) is 7.81. The van der Waals surface area contributed by atoms with Gasteiger partial charge in [-0.3, -0.25) is 4.90 Å². The van der Waals surface area contributed by atoms with Crippen LogP contribution in [0.4, 0.5) is 0 Å². The monoisotopic (exact) mass is 223 g/mol. The Morgan fingerprint density at radius 1 is 1.38 bits per heavy atom. The van der Waals surface area contributed by atoms with Crippen molar-refractivity contribution in [2.45, 2.75) is 44.2 Å². The first-order valence-electron chi connectivity index (χ1n) is 6.04. The van der Waals surface area contributed by atoms with E-state index in [1.165, 1.54) is 12.8 Å². The van der Waals surface area contributed by atoms with Crippen molar-refractivity contribution in [2.75, 3.05) is 13.1 Å². The quantitative estimate of drug-likeness (QED) is 0.825. The van der Waals surface area contributed by atoms with Gasteiger partial charge in [-0.2, -0.15) is 4.98 Å². The number of β-amino-alcohol motifs (C(OH)–C–C–N with tert-alkyl or cyclic N) is 1. The molecule has 5 nitrogen and oxygen atoms in total. The highest BCUT2D eigenvalue weighted by Gasteiger charge is 2.30. The second-order valence-corrected chi connectivity index (χ2v) is 4.85. The van der Waals surface area contributed by atoms with Crippen LogP contribution in [0.25, 0.3) is 0 Å². The van der Waals surface area contributed by atoms with Crippen LogP contribution in [0.3, 0.4) is 0 Å². The lowest BCUT2D eigenvalue weighted by Gasteiger charge is -2.28. The fourth-order valence-corrected chi connectivity index (χ4v) is 2.20. The number of hydrogen-bond acceptors (Lipinski definition) is 5. The van der Waals surface area contributed by atoms with E-state index in [0.29, 0.717) is 12.5 Å². The Labute approximate surface area is 94.4 Å². The first-order valence-corrected chi connectivity index (χ1v) is 6.04. The molecule has 5 heteroatoms. The molecular formula is C11H17N3O2. The van der Waals surface area contributed by atoms with Crippen molar-refractivity contribution >= 4 is 0 Å². The molecule has 1 saturated heterocycles. The SMILES string of the molecule is OC1CCCN(Cc2noc(C3CC3)n2)C1. The number of piperidine rings is 1. The van der Waals surface area contributed by atoms with Crippen molar-refractivity contribution in [3.63, 3.8) is 0 Å². The summed E-state index contributed by atoms with van der Waals surface area (Å²) in [6.45, 7) is 2.45. The Balaban J connectivity index is 1.59. The zero-order valence-corrected chi connectivity index (χ0v) is 9.30. The minimum absolute atomic E-state index is 0.191. The van der Waals surface area contributed by atoms with Crippen molar-refractivity contribution in [3.05, 3.63) is 11.7 Å². The van der Waals surface area contributed by atoms with E-state index in [4.69, 9.17) is 4.52 Å². The highest BCUT2D eigenvalue weighted by Crippen LogP contribution is 2.38. The summed E-state index contributed by atoms with van der Waals surface area (Å²) in [5.41, 5.74) is 0. The van der Waals surface area contributed by atoms with Crippen LogP contribution in [0.1, 0.15) is 43.3 Å². The van der Waals surface area contributed by atoms with E-state index in [2.05, 4.69) is 15.0 Å². The van der Waals surface area contributed by atoms with Gasteiger partial charge in [0.05, 0.1) is 12.6 Å². The van der Waals surface area contributed by atoms with Crippen LogP contribution in [0, 0.1) is 0 Å². The molecule has 1 aliphatic heterocycles. The number of aliphatic hydroxyl groups excluding tert-OH is 1. The summed E-state index contributed by atoms with van der Waals surface area (Å²) < 4.78 is 5.21. The van der Waals surface area contributed by atoms with Crippen LogP contribution in [0.5, 0.6) is 0 Å². The van der Waals surface area contributed by atoms with Gasteiger partial charge < -0.3 is 9.63 Å². The van der Waals surface area contributed by atoms with E-state index >= 15 is 0 Å². The van der Waals surface area contributed by atoms with E-state index in [9.17, 15) is 5.11 Å². The second kappa shape index (κ2) is 4.14. The van der Waals surface area contributed by atoms with E-state index in [1.54, 1.807) is 0 Å². The molecule has 1 aliphatic carbocycles. The van der Waals surface area contributed by atoms with Gasteiger partial charge in [0, 0.05) is 12.5 Å². The van der Waals surface area contributed by atoms with E-state index < -0.39 is 0 Å². The summed E-state index contributed by atoms with van der Waals surface area (Å²) in [6, 6.07) is 0. The van der Waals surface area contributed by atoms with E-state index in [-0.39, 0.29) is 6.10 Å². The Morgan fingerprint density at radius 3 is 3.00 bits per heavy atom. The summed E-state index contributed by atoms with van der Waals surface area (Å²) in [5, 5.41) is 13.5. The molecule has 0 radical (unpaired) electrons. The molecule has 2 heterocycles. The normalized spacial score (nSPS) is 27.2. The highest BCUT2D eigenvalue weighted by atomic mass is 16.5. The fraction of sp³-hybridized carbons (Fsp3) is 0.818. The van der Waals surface area contributed by atoms with Crippen LogP contribution >= 0.6 is 0 Å². The topological polar surface area (TPSA) is 62.4 Å². The lowest BCUT2D eigenvalue weighted by Crippen LogP contribution is -2.37. The molecule has 0 aromatic carbocycles. The van der Waals surface area contributed by atoms with Gasteiger partial charge in [-0.15, -0.1) is 0 Å². The molecular weight excluding hydrogens is 206 g/mol. The summed E-state index contributed by atoms with van der Waals surface area (Å²) >= 11 is 0. The van der Waals surface area contributed by atoms with Crippen molar-refractivity contribution in [1.82, 2.24) is 15.0 Å². The van der Waals surface area contributed by atoms with Gasteiger partial charge in [0.2, 0.25) is 5.89 Å². The van der Waals surface area contributed by atoms with E-state index in [0.717, 1.165) is 37.6 Å². The van der Waals surface area contributed by atoms with Gasteiger partial charge >= 0.3 is 0 Å². The minimum atomic E-state index is -0.191.